The third-order valence-corrected chi connectivity index (χ3v) is 14.0. The van der Waals surface area contributed by atoms with Crippen LogP contribution in [0.25, 0.3) is 22.0 Å². The van der Waals surface area contributed by atoms with E-state index in [1.165, 1.54) is 44.9 Å². The molecule has 1 atom stereocenters. The zero-order valence-electron chi connectivity index (χ0n) is 34.4. The molecule has 0 spiro atoms. The highest BCUT2D eigenvalue weighted by atomic mass is 16.2. The van der Waals surface area contributed by atoms with Crippen LogP contribution in [0.2, 0.25) is 0 Å². The van der Waals surface area contributed by atoms with Crippen LogP contribution < -0.4 is 10.2 Å². The van der Waals surface area contributed by atoms with E-state index in [-0.39, 0.29) is 35.9 Å². The average molecular weight is 759 g/mol. The number of carbonyl (C=O) groups is 3. The van der Waals surface area contributed by atoms with E-state index in [0.29, 0.717) is 30.4 Å². The van der Waals surface area contributed by atoms with Crippen LogP contribution in [0.5, 0.6) is 0 Å². The van der Waals surface area contributed by atoms with Crippen molar-refractivity contribution in [2.45, 2.75) is 111 Å². The van der Waals surface area contributed by atoms with Gasteiger partial charge in [-0.3, -0.25) is 24.0 Å². The lowest BCUT2D eigenvalue weighted by atomic mass is 9.48. The Morgan fingerprint density at radius 2 is 1.64 bits per heavy atom. The SMILES string of the molecule is CC1=CC(C)=C(CCC(=O)c2cc(-c3ccc(N4CCN(CCNC(=O)[C@H](C)CCC56CC7CC(CC(C7)C5)C6)CC4)nc3)cc3c2cnn3C(C)C)C(=O)C1. The second-order valence-electron chi connectivity index (χ2n) is 18.7. The summed E-state index contributed by atoms with van der Waals surface area (Å²) in [4.78, 5) is 49.3. The molecule has 3 aromatic rings. The number of anilines is 1. The van der Waals surface area contributed by atoms with E-state index in [1.54, 1.807) is 6.20 Å². The number of nitrogens with zero attached hydrogens (tertiary/aromatic N) is 5. The van der Waals surface area contributed by atoms with Gasteiger partial charge in [0.25, 0.3) is 0 Å². The molecule has 6 aliphatic rings. The number of allylic oxidation sites excluding steroid dienone is 4. The predicted octanol–water partition coefficient (Wildman–Crippen LogP) is 8.75. The average Bonchev–Trinajstić information content (AvgIpc) is 3.60. The zero-order valence-corrected chi connectivity index (χ0v) is 34.4. The molecule has 9 heteroatoms. The number of hydrogen-bond donors (Lipinski definition) is 1. The van der Waals surface area contributed by atoms with E-state index in [9.17, 15) is 14.4 Å². The van der Waals surface area contributed by atoms with Crippen molar-refractivity contribution in [3.8, 4) is 11.1 Å². The Balaban J connectivity index is 0.842. The van der Waals surface area contributed by atoms with Crippen LogP contribution in [0.1, 0.15) is 122 Å². The van der Waals surface area contributed by atoms with Gasteiger partial charge in [-0.15, -0.1) is 0 Å². The number of carbonyl (C=O) groups excluding carboxylic acids is 3. The van der Waals surface area contributed by atoms with Crippen LogP contribution in [-0.4, -0.2) is 76.4 Å². The Hall–Kier alpha value is -4.11. The van der Waals surface area contributed by atoms with Crippen molar-refractivity contribution in [2.75, 3.05) is 44.2 Å². The Kier molecular flexibility index (Phi) is 11.1. The van der Waals surface area contributed by atoms with Gasteiger partial charge in [0.2, 0.25) is 5.91 Å². The van der Waals surface area contributed by atoms with Crippen LogP contribution >= 0.6 is 0 Å². The van der Waals surface area contributed by atoms with Crippen LogP contribution in [0, 0.1) is 29.1 Å². The molecule has 5 aliphatic carbocycles. The third-order valence-electron chi connectivity index (χ3n) is 14.0. The molecule has 3 heterocycles. The summed E-state index contributed by atoms with van der Waals surface area (Å²) in [7, 11) is 0. The summed E-state index contributed by atoms with van der Waals surface area (Å²) in [5, 5.41) is 8.75. The highest BCUT2D eigenvalue weighted by Crippen LogP contribution is 2.61. The fourth-order valence-corrected chi connectivity index (χ4v) is 11.5. The van der Waals surface area contributed by atoms with Gasteiger partial charge in [0.05, 0.1) is 11.7 Å². The molecule has 56 heavy (non-hydrogen) atoms. The summed E-state index contributed by atoms with van der Waals surface area (Å²) in [5.74, 6) is 4.31. The van der Waals surface area contributed by atoms with Gasteiger partial charge >= 0.3 is 0 Å². The molecular formula is C47H62N6O3. The van der Waals surface area contributed by atoms with Gasteiger partial charge in [0.15, 0.2) is 11.6 Å². The monoisotopic (exact) mass is 758 g/mol. The van der Waals surface area contributed by atoms with Gasteiger partial charge in [0.1, 0.15) is 5.82 Å². The highest BCUT2D eigenvalue weighted by molar-refractivity contribution is 6.09. The van der Waals surface area contributed by atoms with Crippen molar-refractivity contribution in [1.82, 2.24) is 25.0 Å². The Labute approximate surface area is 333 Å². The van der Waals surface area contributed by atoms with E-state index in [0.717, 1.165) is 101 Å². The highest BCUT2D eigenvalue weighted by Gasteiger charge is 2.50. The lowest BCUT2D eigenvalue weighted by molar-refractivity contribution is -0.125. The molecule has 1 aromatic carbocycles. The normalized spacial score (nSPS) is 25.7. The first-order chi connectivity index (χ1) is 26.9. The molecule has 0 unspecified atom stereocenters. The molecule has 298 valence electrons. The number of ketones is 2. The number of rotatable bonds is 14. The van der Waals surface area contributed by atoms with Crippen molar-refractivity contribution in [1.29, 1.82) is 0 Å². The molecule has 9 rings (SSSR count). The molecule has 9 nitrogen and oxygen atoms in total. The third kappa shape index (κ3) is 8.16. The molecule has 1 amide bonds. The van der Waals surface area contributed by atoms with Gasteiger partial charge < -0.3 is 10.2 Å². The number of amides is 1. The fraction of sp³-hybridized carbons (Fsp3) is 0.596. The number of Topliss-reactive ketones (excluding diaryl/α,β-unsaturated/α-hetero) is 2. The number of pyridine rings is 1. The molecule has 1 saturated heterocycles. The van der Waals surface area contributed by atoms with Crippen molar-refractivity contribution in [2.24, 2.45) is 29.1 Å². The Morgan fingerprint density at radius 1 is 0.929 bits per heavy atom. The fourth-order valence-electron chi connectivity index (χ4n) is 11.5. The van der Waals surface area contributed by atoms with Crippen molar-refractivity contribution >= 4 is 34.2 Å². The quantitative estimate of drug-likeness (QED) is 0.164. The molecule has 0 radical (unpaired) electrons. The standard InChI is InChI=1S/C47H62N6O3/c1-30(2)53-42-24-38(23-40(41(42)29-50-53)43(54)8-7-39-33(5)18-31(3)19-44(39)55)37-6-9-45(49-28-37)52-16-14-51(15-17-52)13-12-48-46(56)32(4)10-11-47-25-34-20-35(26-47)22-36(21-34)27-47/h6,9,18,23-24,28-30,32,34-36H,7-8,10-17,19-22,25-27H2,1-5H3,(H,48,56)/t32-,34?,35?,36?,47?/m1/s1. The predicted molar refractivity (Wildman–Crippen MR) is 224 cm³/mol. The second kappa shape index (κ2) is 16.0. The number of hydrogen-bond acceptors (Lipinski definition) is 7. The molecule has 2 aromatic heterocycles. The molecule has 4 bridgehead atoms. The summed E-state index contributed by atoms with van der Waals surface area (Å²) < 4.78 is 1.97. The van der Waals surface area contributed by atoms with E-state index >= 15 is 0 Å². The van der Waals surface area contributed by atoms with Gasteiger partial charge in [0, 0.05) is 86.8 Å². The molecule has 1 N–H and O–H groups in total. The van der Waals surface area contributed by atoms with Crippen molar-refractivity contribution in [3.63, 3.8) is 0 Å². The number of aromatic nitrogens is 3. The van der Waals surface area contributed by atoms with E-state index in [2.05, 4.69) is 65.3 Å². The molecule has 5 fully saturated rings. The second-order valence-corrected chi connectivity index (χ2v) is 18.7. The summed E-state index contributed by atoms with van der Waals surface area (Å²) in [6.07, 6.45) is 17.9. The van der Waals surface area contributed by atoms with E-state index in [1.807, 2.05) is 30.8 Å². The smallest absolute Gasteiger partial charge is 0.222 e. The summed E-state index contributed by atoms with van der Waals surface area (Å²) >= 11 is 0. The van der Waals surface area contributed by atoms with Crippen molar-refractivity contribution in [3.05, 3.63) is 65.0 Å². The van der Waals surface area contributed by atoms with Gasteiger partial charge in [-0.25, -0.2) is 4.98 Å². The first-order valence-corrected chi connectivity index (χ1v) is 21.6. The first-order valence-electron chi connectivity index (χ1n) is 21.6. The topological polar surface area (TPSA) is 100 Å². The maximum absolute atomic E-state index is 13.8. The van der Waals surface area contributed by atoms with Crippen LogP contribution in [0.4, 0.5) is 5.82 Å². The maximum atomic E-state index is 13.8. The first kappa shape index (κ1) is 38.7. The summed E-state index contributed by atoms with van der Waals surface area (Å²) in [6, 6.07) is 8.41. The maximum Gasteiger partial charge on any atom is 0.222 e. The Bertz CT molecular complexity index is 2000. The van der Waals surface area contributed by atoms with Crippen LogP contribution in [-0.2, 0) is 9.59 Å². The summed E-state index contributed by atoms with van der Waals surface area (Å²) in [6.45, 7) is 15.5. The lowest BCUT2D eigenvalue weighted by Crippen LogP contribution is -2.49. The van der Waals surface area contributed by atoms with Gasteiger partial charge in [-0.1, -0.05) is 18.6 Å². The molecular weight excluding hydrogens is 697 g/mol. The van der Waals surface area contributed by atoms with E-state index in [4.69, 9.17) is 4.98 Å². The minimum absolute atomic E-state index is 0.0171. The molecule has 1 aliphatic heterocycles. The zero-order chi connectivity index (χ0) is 39.1. The number of fused-ring (bicyclic) bond motifs is 1. The van der Waals surface area contributed by atoms with Gasteiger partial charge in [-0.05, 0) is 150 Å². The van der Waals surface area contributed by atoms with Gasteiger partial charge in [-0.2, -0.15) is 5.10 Å². The van der Waals surface area contributed by atoms with Crippen molar-refractivity contribution < 1.29 is 14.4 Å². The Morgan fingerprint density at radius 3 is 2.29 bits per heavy atom. The largest absolute Gasteiger partial charge is 0.355 e. The lowest BCUT2D eigenvalue weighted by Gasteiger charge is -2.57. The van der Waals surface area contributed by atoms with Crippen LogP contribution in [0.15, 0.2) is 59.5 Å². The molecule has 4 saturated carbocycles. The van der Waals surface area contributed by atoms with E-state index < -0.39 is 0 Å². The number of benzene rings is 1. The minimum atomic E-state index is 0.0171. The minimum Gasteiger partial charge on any atom is -0.355 e. The number of piperazine rings is 1. The number of nitrogens with one attached hydrogen (secondary N) is 1. The van der Waals surface area contributed by atoms with Crippen LogP contribution in [0.3, 0.4) is 0 Å². The summed E-state index contributed by atoms with van der Waals surface area (Å²) in [5.41, 5.74) is 6.79.